The second kappa shape index (κ2) is 6.42. The van der Waals surface area contributed by atoms with Crippen molar-refractivity contribution in [3.05, 3.63) is 76.3 Å². The Morgan fingerprint density at radius 2 is 1.85 bits per heavy atom. The van der Waals surface area contributed by atoms with Crippen LogP contribution in [-0.4, -0.2) is 16.1 Å². The Kier molecular flexibility index (Phi) is 4.09. The van der Waals surface area contributed by atoms with Crippen molar-refractivity contribution in [3.8, 4) is 22.8 Å². The molecule has 0 radical (unpaired) electrons. The summed E-state index contributed by atoms with van der Waals surface area (Å²) in [6, 6.07) is 18.6. The number of pyridine rings is 1. The summed E-state index contributed by atoms with van der Waals surface area (Å²) in [6.45, 7) is 2.02. The molecule has 0 atom stereocenters. The molecule has 5 heteroatoms. The topological polar surface area (TPSA) is 63.3 Å². The van der Waals surface area contributed by atoms with Crippen molar-refractivity contribution in [2.24, 2.45) is 0 Å². The molecule has 2 aromatic heterocycles. The van der Waals surface area contributed by atoms with Gasteiger partial charge in [0.1, 0.15) is 11.5 Å². The highest BCUT2D eigenvalue weighted by Gasteiger charge is 2.15. The molecule has 0 amide bonds. The Hall–Kier alpha value is -2.92. The normalized spacial score (nSPS) is 11.0. The van der Waals surface area contributed by atoms with Crippen LogP contribution in [0.4, 0.5) is 0 Å². The van der Waals surface area contributed by atoms with E-state index in [4.69, 9.17) is 4.42 Å². The van der Waals surface area contributed by atoms with Crippen molar-refractivity contribution >= 4 is 32.8 Å². The summed E-state index contributed by atoms with van der Waals surface area (Å²) in [6.07, 6.45) is 0. The lowest BCUT2D eigenvalue weighted by Gasteiger charge is -2.06. The van der Waals surface area contributed by atoms with Crippen LogP contribution in [-0.2, 0) is 0 Å². The predicted octanol–water partition coefficient (Wildman–Crippen LogP) is 5.93. The summed E-state index contributed by atoms with van der Waals surface area (Å²) in [7, 11) is 0. The van der Waals surface area contributed by atoms with Crippen LogP contribution >= 0.6 is 15.9 Å². The van der Waals surface area contributed by atoms with Gasteiger partial charge in [-0.15, -0.1) is 0 Å². The minimum absolute atomic E-state index is 0.194. The van der Waals surface area contributed by atoms with Crippen molar-refractivity contribution in [2.75, 3.05) is 0 Å². The van der Waals surface area contributed by atoms with E-state index in [0.29, 0.717) is 22.4 Å². The van der Waals surface area contributed by atoms with E-state index >= 15 is 0 Å². The number of furan rings is 1. The quantitative estimate of drug-likeness (QED) is 0.456. The van der Waals surface area contributed by atoms with Gasteiger partial charge in [0.15, 0.2) is 5.76 Å². The molecule has 2 aromatic carbocycles. The Morgan fingerprint density at radius 3 is 2.62 bits per heavy atom. The van der Waals surface area contributed by atoms with Crippen molar-refractivity contribution in [2.45, 2.75) is 6.92 Å². The molecule has 0 spiro atoms. The molecule has 0 aliphatic rings. The summed E-state index contributed by atoms with van der Waals surface area (Å²) >= 11 is 3.37. The van der Waals surface area contributed by atoms with Crippen molar-refractivity contribution in [1.82, 2.24) is 4.98 Å². The molecule has 0 aliphatic heterocycles. The van der Waals surface area contributed by atoms with Crippen LogP contribution in [0, 0.1) is 6.92 Å². The monoisotopic (exact) mass is 407 g/mol. The molecule has 0 fully saturated rings. The van der Waals surface area contributed by atoms with E-state index in [0.717, 1.165) is 21.4 Å². The minimum atomic E-state index is -0.998. The van der Waals surface area contributed by atoms with E-state index in [1.807, 2.05) is 49.4 Å². The van der Waals surface area contributed by atoms with Crippen LogP contribution in [0.25, 0.3) is 33.7 Å². The zero-order valence-electron chi connectivity index (χ0n) is 13.9. The molecular formula is C21H14BrNO3. The molecule has 1 N–H and O–H groups in total. The zero-order chi connectivity index (χ0) is 18.3. The van der Waals surface area contributed by atoms with Gasteiger partial charge in [0.2, 0.25) is 0 Å². The Bertz CT molecular complexity index is 1150. The number of carboxylic acids is 1. The van der Waals surface area contributed by atoms with Gasteiger partial charge < -0.3 is 9.52 Å². The maximum atomic E-state index is 11.7. The van der Waals surface area contributed by atoms with E-state index in [2.05, 4.69) is 20.9 Å². The minimum Gasteiger partial charge on any atom is -0.478 e. The largest absolute Gasteiger partial charge is 0.478 e. The van der Waals surface area contributed by atoms with Gasteiger partial charge in [-0.1, -0.05) is 39.7 Å². The van der Waals surface area contributed by atoms with Gasteiger partial charge in [0.05, 0.1) is 11.1 Å². The Morgan fingerprint density at radius 1 is 1.04 bits per heavy atom. The SMILES string of the molecule is Cc1cccc(-c2ccc(-c3cc(C(=O)O)c4cc(Br)ccc4n3)o2)c1. The molecule has 4 rings (SSSR count). The number of carbonyl (C=O) groups is 1. The van der Waals surface area contributed by atoms with E-state index in [1.165, 1.54) is 0 Å². The van der Waals surface area contributed by atoms with Gasteiger partial charge in [-0.05, 0) is 49.4 Å². The number of aromatic nitrogens is 1. The maximum absolute atomic E-state index is 11.7. The van der Waals surface area contributed by atoms with E-state index in [-0.39, 0.29) is 5.56 Å². The van der Waals surface area contributed by atoms with Crippen molar-refractivity contribution in [1.29, 1.82) is 0 Å². The lowest BCUT2D eigenvalue weighted by Crippen LogP contribution is -2.00. The molecule has 0 aliphatic carbocycles. The van der Waals surface area contributed by atoms with E-state index < -0.39 is 5.97 Å². The van der Waals surface area contributed by atoms with Gasteiger partial charge in [-0.3, -0.25) is 0 Å². The van der Waals surface area contributed by atoms with Crippen LogP contribution in [0.3, 0.4) is 0 Å². The van der Waals surface area contributed by atoms with Gasteiger partial charge in [-0.2, -0.15) is 0 Å². The van der Waals surface area contributed by atoms with Gasteiger partial charge in [0, 0.05) is 15.4 Å². The highest BCUT2D eigenvalue weighted by Crippen LogP contribution is 2.31. The molecule has 0 bridgehead atoms. The number of hydrogen-bond donors (Lipinski definition) is 1. The molecule has 2 heterocycles. The molecular weight excluding hydrogens is 394 g/mol. The average molecular weight is 408 g/mol. The fourth-order valence-electron chi connectivity index (χ4n) is 2.93. The summed E-state index contributed by atoms with van der Waals surface area (Å²) < 4.78 is 6.76. The first kappa shape index (κ1) is 16.5. The molecule has 0 saturated carbocycles. The number of benzene rings is 2. The summed E-state index contributed by atoms with van der Waals surface area (Å²) in [5, 5.41) is 10.2. The standard InChI is InChI=1S/C21H14BrNO3/c1-12-3-2-4-13(9-12)19-7-8-20(26-19)18-11-16(21(24)25)15-10-14(22)5-6-17(15)23-18/h2-11H,1H3,(H,24,25). The number of halogens is 1. The number of hydrogen-bond acceptors (Lipinski definition) is 3. The molecule has 4 nitrogen and oxygen atoms in total. The first-order chi connectivity index (χ1) is 12.5. The van der Waals surface area contributed by atoms with Crippen LogP contribution < -0.4 is 0 Å². The molecule has 26 heavy (non-hydrogen) atoms. The summed E-state index contributed by atoms with van der Waals surface area (Å²) in [5.74, 6) is 0.259. The van der Waals surface area contributed by atoms with Gasteiger partial charge in [0.25, 0.3) is 0 Å². The fraction of sp³-hybridized carbons (Fsp3) is 0.0476. The molecule has 0 saturated heterocycles. The Balaban J connectivity index is 1.85. The summed E-state index contributed by atoms with van der Waals surface area (Å²) in [5.41, 5.74) is 3.41. The van der Waals surface area contributed by atoms with Crippen molar-refractivity contribution in [3.63, 3.8) is 0 Å². The number of fused-ring (bicyclic) bond motifs is 1. The predicted molar refractivity (Wildman–Crippen MR) is 104 cm³/mol. The first-order valence-electron chi connectivity index (χ1n) is 8.02. The lowest BCUT2D eigenvalue weighted by atomic mass is 10.1. The first-order valence-corrected chi connectivity index (χ1v) is 8.81. The van der Waals surface area contributed by atoms with E-state index in [1.54, 1.807) is 18.2 Å². The zero-order valence-corrected chi connectivity index (χ0v) is 15.4. The third-order valence-corrected chi connectivity index (χ3v) is 4.66. The van der Waals surface area contributed by atoms with Crippen LogP contribution in [0.15, 0.2) is 69.6 Å². The highest BCUT2D eigenvalue weighted by atomic mass is 79.9. The highest BCUT2D eigenvalue weighted by molar-refractivity contribution is 9.10. The second-order valence-electron chi connectivity index (χ2n) is 6.06. The maximum Gasteiger partial charge on any atom is 0.336 e. The number of rotatable bonds is 3. The lowest BCUT2D eigenvalue weighted by molar-refractivity contribution is 0.0699. The molecule has 4 aromatic rings. The molecule has 0 unspecified atom stereocenters. The second-order valence-corrected chi connectivity index (χ2v) is 6.97. The van der Waals surface area contributed by atoms with Crippen LogP contribution in [0.1, 0.15) is 15.9 Å². The van der Waals surface area contributed by atoms with Crippen LogP contribution in [0.5, 0.6) is 0 Å². The number of carboxylic acid groups (broad SMARTS) is 1. The smallest absolute Gasteiger partial charge is 0.336 e. The van der Waals surface area contributed by atoms with Gasteiger partial charge in [-0.25, -0.2) is 9.78 Å². The van der Waals surface area contributed by atoms with Crippen LogP contribution in [0.2, 0.25) is 0 Å². The molecule has 128 valence electrons. The number of aryl methyl sites for hydroxylation is 1. The number of aromatic carboxylic acids is 1. The van der Waals surface area contributed by atoms with E-state index in [9.17, 15) is 9.90 Å². The number of nitrogens with zero attached hydrogens (tertiary/aromatic N) is 1. The Labute approximate surface area is 158 Å². The summed E-state index contributed by atoms with van der Waals surface area (Å²) in [4.78, 5) is 16.3. The average Bonchev–Trinajstić information content (AvgIpc) is 3.11. The van der Waals surface area contributed by atoms with Crippen molar-refractivity contribution < 1.29 is 14.3 Å². The van der Waals surface area contributed by atoms with Gasteiger partial charge >= 0.3 is 5.97 Å². The fourth-order valence-corrected chi connectivity index (χ4v) is 3.29. The third kappa shape index (κ3) is 3.02. The third-order valence-electron chi connectivity index (χ3n) is 4.16.